The summed E-state index contributed by atoms with van der Waals surface area (Å²) in [5.41, 5.74) is 1.98. The van der Waals surface area contributed by atoms with Gasteiger partial charge in [0.05, 0.1) is 11.8 Å². The van der Waals surface area contributed by atoms with Gasteiger partial charge < -0.3 is 5.32 Å². The number of anilines is 1. The molecule has 1 aromatic carbocycles. The number of imide groups is 1. The number of aryl methyl sites for hydroxylation is 1. The van der Waals surface area contributed by atoms with Crippen molar-refractivity contribution in [3.63, 3.8) is 0 Å². The van der Waals surface area contributed by atoms with Gasteiger partial charge in [0.15, 0.2) is 0 Å². The van der Waals surface area contributed by atoms with E-state index in [-0.39, 0.29) is 53.4 Å². The maximum absolute atomic E-state index is 13.3. The summed E-state index contributed by atoms with van der Waals surface area (Å²) in [6.45, 7) is 2.02. The molecule has 6 aliphatic rings. The minimum atomic E-state index is -0.112. The van der Waals surface area contributed by atoms with E-state index in [0.29, 0.717) is 11.8 Å². The third-order valence-electron chi connectivity index (χ3n) is 8.45. The van der Waals surface area contributed by atoms with Crippen molar-refractivity contribution < 1.29 is 14.4 Å². The molecule has 0 spiro atoms. The van der Waals surface area contributed by atoms with Crippen LogP contribution >= 0.6 is 0 Å². The van der Waals surface area contributed by atoms with Crippen molar-refractivity contribution >= 4 is 23.4 Å². The minimum absolute atomic E-state index is 0.0326. The first-order valence-corrected chi connectivity index (χ1v) is 11.5. The topological polar surface area (TPSA) is 66.5 Å². The smallest absolute Gasteiger partial charge is 0.233 e. The van der Waals surface area contributed by atoms with Crippen molar-refractivity contribution in [3.05, 3.63) is 42.0 Å². The normalized spacial score (nSPS) is 40.9. The van der Waals surface area contributed by atoms with Gasteiger partial charge >= 0.3 is 0 Å². The number of allylic oxidation sites excluding steroid dienone is 2. The molecule has 0 unspecified atom stereocenters. The van der Waals surface area contributed by atoms with E-state index in [1.54, 1.807) is 4.90 Å². The van der Waals surface area contributed by atoms with Gasteiger partial charge in [-0.1, -0.05) is 29.8 Å². The van der Waals surface area contributed by atoms with Gasteiger partial charge in [-0.15, -0.1) is 0 Å². The standard InChI is InChI=1S/C25H28N2O3/c1-13-2-6-15(7-3-13)26-23(28)14-4-8-16(9-5-14)27-24(29)21-17-10-11-18(20-12-19(17)20)22(21)25(27)30/h2-3,6-7,10-11,14,16-22H,4-5,8-9,12H2,1H3,(H,26,28)/t14?,16?,17-,18-,19-,20-,21-,22+/m0/s1. The zero-order valence-electron chi connectivity index (χ0n) is 17.3. The first-order chi connectivity index (χ1) is 14.5. The fraction of sp³-hybridized carbons (Fsp3) is 0.560. The Hall–Kier alpha value is -2.43. The minimum Gasteiger partial charge on any atom is -0.326 e. The highest BCUT2D eigenvalue weighted by molar-refractivity contribution is 6.06. The molecule has 3 saturated carbocycles. The van der Waals surface area contributed by atoms with Gasteiger partial charge in [-0.2, -0.15) is 0 Å². The highest BCUT2D eigenvalue weighted by Gasteiger charge is 2.67. The second-order valence-electron chi connectivity index (χ2n) is 10.1. The largest absolute Gasteiger partial charge is 0.326 e. The van der Waals surface area contributed by atoms with E-state index in [9.17, 15) is 14.4 Å². The number of hydrogen-bond acceptors (Lipinski definition) is 3. The Labute approximate surface area is 176 Å². The molecule has 30 heavy (non-hydrogen) atoms. The van der Waals surface area contributed by atoms with Gasteiger partial charge in [0, 0.05) is 17.6 Å². The predicted molar refractivity (Wildman–Crippen MR) is 112 cm³/mol. The van der Waals surface area contributed by atoms with Crippen LogP contribution in [0.5, 0.6) is 0 Å². The summed E-state index contributed by atoms with van der Waals surface area (Å²) in [6, 6.07) is 7.80. The number of rotatable bonds is 3. The lowest BCUT2D eigenvalue weighted by molar-refractivity contribution is -0.144. The van der Waals surface area contributed by atoms with Crippen molar-refractivity contribution in [2.24, 2.45) is 41.4 Å². The van der Waals surface area contributed by atoms with E-state index in [0.717, 1.165) is 36.9 Å². The molecule has 5 heteroatoms. The number of likely N-dealkylation sites (tertiary alicyclic amines) is 1. The van der Waals surface area contributed by atoms with E-state index in [2.05, 4.69) is 17.5 Å². The molecule has 156 valence electrons. The fourth-order valence-corrected chi connectivity index (χ4v) is 6.82. The predicted octanol–water partition coefficient (Wildman–Crippen LogP) is 3.55. The molecule has 1 N–H and O–H groups in total. The van der Waals surface area contributed by atoms with Crippen LogP contribution in [0, 0.1) is 48.3 Å². The number of carbonyl (C=O) groups is 3. The Kier molecular flexibility index (Phi) is 4.00. The van der Waals surface area contributed by atoms with Gasteiger partial charge in [-0.3, -0.25) is 19.3 Å². The summed E-state index contributed by atoms with van der Waals surface area (Å²) in [5.74, 6) is 1.75. The lowest BCUT2D eigenvalue weighted by Gasteiger charge is -2.37. The summed E-state index contributed by atoms with van der Waals surface area (Å²) in [5, 5.41) is 3.02. The third-order valence-corrected chi connectivity index (χ3v) is 8.45. The SMILES string of the molecule is Cc1ccc(NC(=O)C2CCC(N3C(=O)[C@@H]4[C@H]5C=C[C@@H]([C@@H]6C[C@@H]56)[C@@H]4C3=O)CC2)cc1. The van der Waals surface area contributed by atoms with Crippen molar-refractivity contribution in [2.45, 2.75) is 45.1 Å². The van der Waals surface area contributed by atoms with Crippen molar-refractivity contribution in [2.75, 3.05) is 5.32 Å². The second-order valence-corrected chi connectivity index (χ2v) is 10.1. The average Bonchev–Trinajstić information content (AvgIpc) is 3.53. The van der Waals surface area contributed by atoms with Crippen LogP contribution in [0.2, 0.25) is 0 Å². The van der Waals surface area contributed by atoms with Crippen LogP contribution in [0.3, 0.4) is 0 Å². The number of hydrogen-bond donors (Lipinski definition) is 1. The Morgan fingerprint density at radius 1 is 0.900 bits per heavy atom. The first-order valence-electron chi connectivity index (χ1n) is 11.5. The molecule has 1 saturated heterocycles. The zero-order chi connectivity index (χ0) is 20.6. The molecule has 4 fully saturated rings. The van der Waals surface area contributed by atoms with Gasteiger partial charge in [0.25, 0.3) is 0 Å². The molecule has 0 radical (unpaired) electrons. The molecule has 5 aliphatic carbocycles. The van der Waals surface area contributed by atoms with Crippen LogP contribution in [-0.2, 0) is 14.4 Å². The van der Waals surface area contributed by atoms with Gasteiger partial charge in [-0.25, -0.2) is 0 Å². The lowest BCUT2D eigenvalue weighted by atomic mass is 9.63. The van der Waals surface area contributed by atoms with E-state index >= 15 is 0 Å². The zero-order valence-corrected chi connectivity index (χ0v) is 17.3. The van der Waals surface area contributed by atoms with Crippen LogP contribution in [-0.4, -0.2) is 28.7 Å². The number of amides is 3. The van der Waals surface area contributed by atoms with E-state index < -0.39 is 0 Å². The number of nitrogens with zero attached hydrogens (tertiary/aromatic N) is 1. The maximum Gasteiger partial charge on any atom is 0.233 e. The molecule has 3 amide bonds. The quantitative estimate of drug-likeness (QED) is 0.619. The van der Waals surface area contributed by atoms with Gasteiger partial charge in [0.2, 0.25) is 17.7 Å². The highest BCUT2D eigenvalue weighted by Crippen LogP contribution is 2.65. The van der Waals surface area contributed by atoms with E-state index in [1.165, 1.54) is 6.42 Å². The number of nitrogens with one attached hydrogen (secondary N) is 1. The van der Waals surface area contributed by atoms with Crippen LogP contribution in [0.1, 0.15) is 37.7 Å². The fourth-order valence-electron chi connectivity index (χ4n) is 6.82. The molecule has 1 heterocycles. The van der Waals surface area contributed by atoms with Crippen molar-refractivity contribution in [3.8, 4) is 0 Å². The van der Waals surface area contributed by atoms with Crippen LogP contribution in [0.4, 0.5) is 5.69 Å². The monoisotopic (exact) mass is 404 g/mol. The Balaban J connectivity index is 1.11. The van der Waals surface area contributed by atoms with Crippen LogP contribution in [0.15, 0.2) is 36.4 Å². The molecule has 0 aromatic heterocycles. The molecule has 2 bridgehead atoms. The second kappa shape index (κ2) is 6.53. The molecular formula is C25H28N2O3. The summed E-state index contributed by atoms with van der Waals surface area (Å²) >= 11 is 0. The van der Waals surface area contributed by atoms with Gasteiger partial charge in [-0.05, 0) is 74.8 Å². The van der Waals surface area contributed by atoms with Gasteiger partial charge in [0.1, 0.15) is 0 Å². The molecule has 7 rings (SSSR count). The summed E-state index contributed by atoms with van der Waals surface area (Å²) in [6.07, 6.45) is 8.56. The highest BCUT2D eigenvalue weighted by atomic mass is 16.2. The van der Waals surface area contributed by atoms with Crippen LogP contribution in [0.25, 0.3) is 0 Å². The Morgan fingerprint density at radius 2 is 1.47 bits per heavy atom. The number of carbonyl (C=O) groups excluding carboxylic acids is 3. The van der Waals surface area contributed by atoms with E-state index in [4.69, 9.17) is 0 Å². The molecular weight excluding hydrogens is 376 g/mol. The molecule has 5 nitrogen and oxygen atoms in total. The average molecular weight is 405 g/mol. The molecule has 1 aliphatic heterocycles. The summed E-state index contributed by atoms with van der Waals surface area (Å²) < 4.78 is 0. The number of benzene rings is 1. The van der Waals surface area contributed by atoms with E-state index in [1.807, 2.05) is 31.2 Å². The maximum atomic E-state index is 13.3. The lowest BCUT2D eigenvalue weighted by Crippen LogP contribution is -2.44. The Morgan fingerprint density at radius 3 is 2.03 bits per heavy atom. The molecule has 6 atom stereocenters. The van der Waals surface area contributed by atoms with Crippen molar-refractivity contribution in [1.29, 1.82) is 0 Å². The Bertz CT molecular complexity index is 908. The third kappa shape index (κ3) is 2.63. The summed E-state index contributed by atoms with van der Waals surface area (Å²) in [7, 11) is 0. The van der Waals surface area contributed by atoms with Crippen LogP contribution < -0.4 is 5.32 Å². The van der Waals surface area contributed by atoms with Crippen molar-refractivity contribution in [1.82, 2.24) is 4.90 Å². The molecule has 1 aromatic rings. The first kappa shape index (κ1) is 18.3. The summed E-state index contributed by atoms with van der Waals surface area (Å²) in [4.78, 5) is 40.9.